The van der Waals surface area contributed by atoms with Crippen molar-refractivity contribution in [3.63, 3.8) is 0 Å². The molecular weight excluding hydrogens is 448 g/mol. The second-order valence-electron chi connectivity index (χ2n) is 9.71. The smallest absolute Gasteiger partial charge is 0.227 e. The number of amides is 1. The predicted octanol–water partition coefficient (Wildman–Crippen LogP) is 6.29. The average Bonchev–Trinajstić information content (AvgIpc) is 3.29. The number of Topliss-reactive ketones (excluding diaryl/α,β-unsaturated/α-hetero) is 1. The Morgan fingerprint density at radius 2 is 1.75 bits per heavy atom. The van der Waals surface area contributed by atoms with Crippen molar-refractivity contribution < 1.29 is 9.59 Å². The fourth-order valence-electron chi connectivity index (χ4n) is 5.31. The summed E-state index contributed by atoms with van der Waals surface area (Å²) in [6.07, 6.45) is 3.82. The second-order valence-corrected chi connectivity index (χ2v) is 9.71. The number of aromatic nitrogens is 3. The highest BCUT2D eigenvalue weighted by molar-refractivity contribution is 6.04. The van der Waals surface area contributed by atoms with Crippen molar-refractivity contribution in [2.45, 2.75) is 72.9 Å². The van der Waals surface area contributed by atoms with Crippen molar-refractivity contribution in [2.75, 3.05) is 4.90 Å². The Balaban J connectivity index is 1.70. The highest BCUT2D eigenvalue weighted by Gasteiger charge is 2.30. The van der Waals surface area contributed by atoms with E-state index in [0.29, 0.717) is 25.1 Å². The van der Waals surface area contributed by atoms with Gasteiger partial charge in [-0.3, -0.25) is 9.59 Å². The minimum absolute atomic E-state index is 0.0578. The van der Waals surface area contributed by atoms with Crippen molar-refractivity contribution >= 4 is 23.0 Å². The van der Waals surface area contributed by atoms with Gasteiger partial charge >= 0.3 is 0 Å². The fraction of sp³-hybridized carbons (Fsp3) is 0.367. The Kier molecular flexibility index (Phi) is 6.52. The summed E-state index contributed by atoms with van der Waals surface area (Å²) < 4.78 is 4.12. The van der Waals surface area contributed by atoms with Gasteiger partial charge in [0.15, 0.2) is 11.6 Å². The van der Waals surface area contributed by atoms with Crippen LogP contribution in [-0.2, 0) is 24.3 Å². The van der Waals surface area contributed by atoms with E-state index in [-0.39, 0.29) is 11.7 Å². The summed E-state index contributed by atoms with van der Waals surface area (Å²) in [7, 11) is 0. The van der Waals surface area contributed by atoms with E-state index in [1.54, 1.807) is 0 Å². The zero-order valence-electron chi connectivity index (χ0n) is 21.7. The van der Waals surface area contributed by atoms with Crippen molar-refractivity contribution in [2.24, 2.45) is 0 Å². The SMILES string of the molecule is CCC(=O)c1c(-c2ccccc2)c2c3n(c(CN(C(=O)CC)c4ccc(C)c(C)c4)nn13)CCCC2. The van der Waals surface area contributed by atoms with Crippen LogP contribution in [0.3, 0.4) is 0 Å². The molecule has 0 spiro atoms. The first kappa shape index (κ1) is 24.0. The number of ketones is 1. The summed E-state index contributed by atoms with van der Waals surface area (Å²) in [6.45, 7) is 9.14. The van der Waals surface area contributed by atoms with E-state index in [9.17, 15) is 9.59 Å². The lowest BCUT2D eigenvalue weighted by Crippen LogP contribution is -2.31. The van der Waals surface area contributed by atoms with Crippen molar-refractivity contribution in [3.8, 4) is 11.1 Å². The molecule has 0 bridgehead atoms. The van der Waals surface area contributed by atoms with E-state index in [1.165, 1.54) is 11.1 Å². The molecule has 0 aliphatic carbocycles. The van der Waals surface area contributed by atoms with Crippen LogP contribution in [0.25, 0.3) is 16.8 Å². The first-order valence-corrected chi connectivity index (χ1v) is 13.0. The highest BCUT2D eigenvalue weighted by atomic mass is 16.2. The summed E-state index contributed by atoms with van der Waals surface area (Å²) in [6, 6.07) is 16.4. The normalized spacial score (nSPS) is 13.1. The Bertz CT molecular complexity index is 1450. The van der Waals surface area contributed by atoms with Gasteiger partial charge in [0.25, 0.3) is 0 Å². The minimum atomic E-state index is 0.0578. The Labute approximate surface area is 212 Å². The van der Waals surface area contributed by atoms with E-state index in [4.69, 9.17) is 5.10 Å². The van der Waals surface area contributed by atoms with Gasteiger partial charge in [0, 0.05) is 36.2 Å². The van der Waals surface area contributed by atoms with Crippen LogP contribution in [0, 0.1) is 13.8 Å². The van der Waals surface area contributed by atoms with Gasteiger partial charge in [0.05, 0.1) is 6.54 Å². The van der Waals surface area contributed by atoms with Gasteiger partial charge in [-0.05, 0) is 61.9 Å². The van der Waals surface area contributed by atoms with Gasteiger partial charge in [0.2, 0.25) is 5.91 Å². The van der Waals surface area contributed by atoms with Crippen LogP contribution >= 0.6 is 0 Å². The van der Waals surface area contributed by atoms with E-state index in [2.05, 4.69) is 42.7 Å². The first-order valence-electron chi connectivity index (χ1n) is 13.0. The first-order chi connectivity index (χ1) is 17.4. The Hall–Kier alpha value is -3.67. The van der Waals surface area contributed by atoms with E-state index in [1.807, 2.05) is 47.5 Å². The molecular formula is C30H34N4O2. The number of anilines is 1. The Morgan fingerprint density at radius 1 is 0.972 bits per heavy atom. The number of carbonyl (C=O) groups is 2. The number of rotatable bonds is 7. The summed E-state index contributed by atoms with van der Waals surface area (Å²) in [5.41, 5.74) is 8.16. The lowest BCUT2D eigenvalue weighted by atomic mass is 9.96. The van der Waals surface area contributed by atoms with Gasteiger partial charge in [-0.2, -0.15) is 5.10 Å². The zero-order valence-corrected chi connectivity index (χ0v) is 21.7. The topological polar surface area (TPSA) is 59.6 Å². The maximum Gasteiger partial charge on any atom is 0.227 e. The predicted molar refractivity (Wildman–Crippen MR) is 144 cm³/mol. The fourth-order valence-corrected chi connectivity index (χ4v) is 5.31. The van der Waals surface area contributed by atoms with Crippen LogP contribution in [0.1, 0.15) is 72.5 Å². The summed E-state index contributed by atoms with van der Waals surface area (Å²) in [5.74, 6) is 0.961. The molecule has 2 aromatic carbocycles. The van der Waals surface area contributed by atoms with E-state index in [0.717, 1.165) is 59.7 Å². The third kappa shape index (κ3) is 4.04. The molecule has 4 aromatic rings. The highest BCUT2D eigenvalue weighted by Crippen LogP contribution is 2.37. The molecule has 3 heterocycles. The molecule has 36 heavy (non-hydrogen) atoms. The third-order valence-electron chi connectivity index (χ3n) is 7.41. The van der Waals surface area contributed by atoms with Crippen LogP contribution in [-0.4, -0.2) is 25.9 Å². The third-order valence-corrected chi connectivity index (χ3v) is 7.41. The molecule has 0 unspecified atom stereocenters. The standard InChI is InChI=1S/C30H34N4O2/c1-5-25(35)29-28(22-12-8-7-9-13-22)24-14-10-11-17-32-26(31-34(29)30(24)32)19-33(27(36)6-2)23-16-15-20(3)21(4)18-23/h7-9,12-13,15-16,18H,5-6,10-11,14,17,19H2,1-4H3. The number of aryl methyl sites for hydroxylation is 4. The van der Waals surface area contributed by atoms with Crippen LogP contribution in [0.15, 0.2) is 48.5 Å². The zero-order chi connectivity index (χ0) is 25.4. The largest absolute Gasteiger partial charge is 0.311 e. The molecule has 2 aromatic heterocycles. The Morgan fingerprint density at radius 3 is 2.44 bits per heavy atom. The van der Waals surface area contributed by atoms with Crippen molar-refractivity contribution in [1.29, 1.82) is 0 Å². The van der Waals surface area contributed by atoms with Gasteiger partial charge in [-0.15, -0.1) is 0 Å². The molecule has 0 fully saturated rings. The molecule has 1 aliphatic heterocycles. The minimum Gasteiger partial charge on any atom is -0.311 e. The molecule has 6 nitrogen and oxygen atoms in total. The van der Waals surface area contributed by atoms with Gasteiger partial charge in [-0.1, -0.05) is 50.2 Å². The molecule has 6 heteroatoms. The quantitative estimate of drug-likeness (QED) is 0.291. The molecule has 0 saturated heterocycles. The number of benzene rings is 2. The summed E-state index contributed by atoms with van der Waals surface area (Å²) in [4.78, 5) is 28.2. The molecule has 0 radical (unpaired) electrons. The summed E-state index contributed by atoms with van der Waals surface area (Å²) in [5, 5.41) is 5.03. The monoisotopic (exact) mass is 482 g/mol. The lowest BCUT2D eigenvalue weighted by Gasteiger charge is -2.23. The molecule has 1 amide bonds. The maximum atomic E-state index is 13.3. The van der Waals surface area contributed by atoms with Crippen LogP contribution in [0.4, 0.5) is 5.69 Å². The molecule has 0 atom stereocenters. The lowest BCUT2D eigenvalue weighted by molar-refractivity contribution is -0.118. The number of hydrogen-bond acceptors (Lipinski definition) is 3. The molecule has 5 rings (SSSR count). The molecule has 0 N–H and O–H groups in total. The molecule has 0 saturated carbocycles. The van der Waals surface area contributed by atoms with Gasteiger partial charge in [0.1, 0.15) is 11.3 Å². The van der Waals surface area contributed by atoms with E-state index < -0.39 is 0 Å². The number of nitrogens with zero attached hydrogens (tertiary/aromatic N) is 4. The number of hydrogen-bond donors (Lipinski definition) is 0. The summed E-state index contributed by atoms with van der Waals surface area (Å²) >= 11 is 0. The van der Waals surface area contributed by atoms with Crippen molar-refractivity contribution in [3.05, 3.63) is 76.7 Å². The van der Waals surface area contributed by atoms with Crippen LogP contribution in [0.5, 0.6) is 0 Å². The van der Waals surface area contributed by atoms with Gasteiger partial charge in [-0.25, -0.2) is 4.52 Å². The van der Waals surface area contributed by atoms with E-state index >= 15 is 0 Å². The van der Waals surface area contributed by atoms with Crippen LogP contribution < -0.4 is 4.90 Å². The number of carbonyl (C=O) groups excluding carboxylic acids is 2. The molecule has 186 valence electrons. The van der Waals surface area contributed by atoms with Crippen LogP contribution in [0.2, 0.25) is 0 Å². The average molecular weight is 483 g/mol. The maximum absolute atomic E-state index is 13.3. The second kappa shape index (κ2) is 9.76. The van der Waals surface area contributed by atoms with Gasteiger partial charge < -0.3 is 9.47 Å². The van der Waals surface area contributed by atoms with Crippen molar-refractivity contribution in [1.82, 2.24) is 14.2 Å². The molecule has 1 aliphatic rings.